The van der Waals surface area contributed by atoms with Crippen LogP contribution in [0.25, 0.3) is 0 Å². The van der Waals surface area contributed by atoms with E-state index in [1.54, 1.807) is 6.07 Å². The van der Waals surface area contributed by atoms with E-state index in [0.29, 0.717) is 28.2 Å². The van der Waals surface area contributed by atoms with E-state index < -0.39 is 0 Å². The van der Waals surface area contributed by atoms with Crippen molar-refractivity contribution in [2.24, 2.45) is 0 Å². The molecule has 0 aliphatic rings. The lowest BCUT2D eigenvalue weighted by atomic mass is 10.1. The number of hydrogen-bond donors (Lipinski definition) is 1. The van der Waals surface area contributed by atoms with Gasteiger partial charge in [0.25, 0.3) is 5.22 Å². The summed E-state index contributed by atoms with van der Waals surface area (Å²) in [5.74, 6) is 0.549. The zero-order valence-electron chi connectivity index (χ0n) is 14.5. The molecular weight excluding hydrogens is 370 g/mol. The molecule has 0 radical (unpaired) electrons. The minimum absolute atomic E-state index is 0.159. The number of aryl methyl sites for hydroxylation is 2. The summed E-state index contributed by atoms with van der Waals surface area (Å²) in [6, 6.07) is 13.6. The van der Waals surface area contributed by atoms with Crippen molar-refractivity contribution in [1.29, 1.82) is 0 Å². The van der Waals surface area contributed by atoms with E-state index in [-0.39, 0.29) is 11.7 Å². The van der Waals surface area contributed by atoms with E-state index in [1.165, 1.54) is 17.3 Å². The highest BCUT2D eigenvalue weighted by Gasteiger charge is 2.11. The van der Waals surface area contributed by atoms with Crippen LogP contribution in [-0.4, -0.2) is 21.9 Å². The zero-order valence-corrected chi connectivity index (χ0v) is 16.0. The molecule has 7 heteroatoms. The molecule has 0 saturated heterocycles. The van der Waals surface area contributed by atoms with E-state index >= 15 is 0 Å². The monoisotopic (exact) mass is 387 g/mol. The molecule has 1 amide bonds. The smallest absolute Gasteiger partial charge is 0.277 e. The molecule has 0 bridgehead atoms. The second-order valence-electron chi connectivity index (χ2n) is 5.92. The fraction of sp³-hybridized carbons (Fsp3) is 0.211. The summed E-state index contributed by atoms with van der Waals surface area (Å²) in [6.07, 6.45) is 0.571. The molecule has 5 nitrogen and oxygen atoms in total. The molecule has 3 aromatic rings. The maximum atomic E-state index is 12.0. The van der Waals surface area contributed by atoms with Crippen LogP contribution in [0.2, 0.25) is 5.02 Å². The summed E-state index contributed by atoms with van der Waals surface area (Å²) < 4.78 is 5.59. The van der Waals surface area contributed by atoms with Gasteiger partial charge in [0.1, 0.15) is 0 Å². The Kier molecular flexibility index (Phi) is 5.96. The van der Waals surface area contributed by atoms with Crippen molar-refractivity contribution in [3.05, 3.63) is 70.1 Å². The minimum Gasteiger partial charge on any atom is -0.416 e. The highest BCUT2D eigenvalue weighted by Crippen LogP contribution is 2.21. The van der Waals surface area contributed by atoms with Gasteiger partial charge in [-0.3, -0.25) is 4.79 Å². The van der Waals surface area contributed by atoms with E-state index in [0.717, 1.165) is 11.1 Å². The lowest BCUT2D eigenvalue weighted by Crippen LogP contribution is -2.14. The molecule has 1 N–H and O–H groups in total. The van der Waals surface area contributed by atoms with Crippen LogP contribution in [0.15, 0.2) is 52.1 Å². The molecule has 0 fully saturated rings. The fourth-order valence-corrected chi connectivity index (χ4v) is 3.00. The minimum atomic E-state index is -0.159. The molecule has 26 heavy (non-hydrogen) atoms. The Labute approximate surface area is 161 Å². The standard InChI is InChI=1S/C19H18ClN3O2S/c1-12-3-6-14(7-4-12)9-18-22-23-19(25-18)26-11-17(24)21-15-8-5-13(2)16(20)10-15/h3-8,10H,9,11H2,1-2H3,(H,21,24). The first-order chi connectivity index (χ1) is 12.5. The van der Waals surface area contributed by atoms with E-state index in [2.05, 4.69) is 15.5 Å². The number of anilines is 1. The van der Waals surface area contributed by atoms with Crippen LogP contribution < -0.4 is 5.32 Å². The predicted octanol–water partition coefficient (Wildman–Crippen LogP) is 4.66. The average molecular weight is 388 g/mol. The topological polar surface area (TPSA) is 68.0 Å². The molecule has 0 aliphatic heterocycles. The van der Waals surface area contributed by atoms with E-state index in [9.17, 15) is 4.79 Å². The quantitative estimate of drug-likeness (QED) is 0.623. The second-order valence-corrected chi connectivity index (χ2v) is 7.26. The van der Waals surface area contributed by atoms with Crippen molar-refractivity contribution >= 4 is 35.0 Å². The van der Waals surface area contributed by atoms with Crippen LogP contribution in [0.1, 0.15) is 22.6 Å². The Bertz CT molecular complexity index is 909. The molecule has 0 spiro atoms. The number of hydrogen-bond acceptors (Lipinski definition) is 5. The van der Waals surface area contributed by atoms with Gasteiger partial charge in [0.05, 0.1) is 12.2 Å². The molecule has 134 valence electrons. The van der Waals surface area contributed by atoms with Crippen molar-refractivity contribution in [2.45, 2.75) is 25.5 Å². The molecule has 1 aromatic heterocycles. The summed E-state index contributed by atoms with van der Waals surface area (Å²) in [4.78, 5) is 12.0. The number of rotatable bonds is 6. The third kappa shape index (κ3) is 5.09. The first kappa shape index (κ1) is 18.5. The van der Waals surface area contributed by atoms with Crippen LogP contribution in [0, 0.1) is 13.8 Å². The Morgan fingerprint density at radius 1 is 1.15 bits per heavy atom. The van der Waals surface area contributed by atoms with Crippen LogP contribution in [0.4, 0.5) is 5.69 Å². The number of halogens is 1. The summed E-state index contributed by atoms with van der Waals surface area (Å²) in [5.41, 5.74) is 3.93. The van der Waals surface area contributed by atoms with E-state index in [4.69, 9.17) is 16.0 Å². The summed E-state index contributed by atoms with van der Waals surface area (Å²) in [7, 11) is 0. The maximum Gasteiger partial charge on any atom is 0.277 e. The van der Waals surface area contributed by atoms with Crippen molar-refractivity contribution in [2.75, 3.05) is 11.1 Å². The third-order valence-corrected chi connectivity index (χ3v) is 4.93. The van der Waals surface area contributed by atoms with Gasteiger partial charge in [0.15, 0.2) is 0 Å². The molecule has 0 aliphatic carbocycles. The number of carbonyl (C=O) groups excluding carboxylic acids is 1. The van der Waals surface area contributed by atoms with Gasteiger partial charge >= 0.3 is 0 Å². The first-order valence-corrected chi connectivity index (χ1v) is 9.42. The summed E-state index contributed by atoms with van der Waals surface area (Å²) >= 11 is 7.26. The second kappa shape index (κ2) is 8.38. The lowest BCUT2D eigenvalue weighted by molar-refractivity contribution is -0.113. The number of amides is 1. The summed E-state index contributed by atoms with van der Waals surface area (Å²) in [5, 5.41) is 11.8. The van der Waals surface area contributed by atoms with Crippen LogP contribution in [0.3, 0.4) is 0 Å². The molecule has 1 heterocycles. The van der Waals surface area contributed by atoms with E-state index in [1.807, 2.05) is 50.2 Å². The Hall–Kier alpha value is -2.31. The number of benzene rings is 2. The van der Waals surface area contributed by atoms with Crippen LogP contribution >= 0.6 is 23.4 Å². The number of nitrogens with zero attached hydrogens (tertiary/aromatic N) is 2. The molecular formula is C19H18ClN3O2S. The summed E-state index contributed by atoms with van der Waals surface area (Å²) in [6.45, 7) is 3.95. The Morgan fingerprint density at radius 2 is 1.92 bits per heavy atom. The predicted molar refractivity (Wildman–Crippen MR) is 104 cm³/mol. The Balaban J connectivity index is 1.51. The van der Waals surface area contributed by atoms with Gasteiger partial charge in [-0.1, -0.05) is 59.3 Å². The number of carbonyl (C=O) groups is 1. The lowest BCUT2D eigenvalue weighted by Gasteiger charge is -2.05. The van der Waals surface area contributed by atoms with Gasteiger partial charge in [-0.05, 0) is 37.1 Å². The SMILES string of the molecule is Cc1ccc(Cc2nnc(SCC(=O)Nc3ccc(C)c(Cl)c3)o2)cc1. The van der Waals surface area contributed by atoms with Gasteiger partial charge < -0.3 is 9.73 Å². The number of nitrogens with one attached hydrogen (secondary N) is 1. The zero-order chi connectivity index (χ0) is 18.5. The molecule has 3 rings (SSSR count). The molecule has 2 aromatic carbocycles. The number of aromatic nitrogens is 2. The van der Waals surface area contributed by atoms with Gasteiger partial charge in [0, 0.05) is 10.7 Å². The maximum absolute atomic E-state index is 12.0. The average Bonchev–Trinajstić information content (AvgIpc) is 3.06. The normalized spacial score (nSPS) is 10.7. The molecule has 0 saturated carbocycles. The van der Waals surface area contributed by atoms with Crippen molar-refractivity contribution < 1.29 is 9.21 Å². The molecule has 0 unspecified atom stereocenters. The van der Waals surface area contributed by atoms with Crippen LogP contribution in [0.5, 0.6) is 0 Å². The highest BCUT2D eigenvalue weighted by molar-refractivity contribution is 7.99. The Morgan fingerprint density at radius 3 is 2.65 bits per heavy atom. The largest absolute Gasteiger partial charge is 0.416 e. The van der Waals surface area contributed by atoms with Gasteiger partial charge in [-0.15, -0.1) is 10.2 Å². The van der Waals surface area contributed by atoms with Crippen LogP contribution in [-0.2, 0) is 11.2 Å². The van der Waals surface area contributed by atoms with Crippen molar-refractivity contribution in [3.63, 3.8) is 0 Å². The number of thioether (sulfide) groups is 1. The van der Waals surface area contributed by atoms with Gasteiger partial charge in [0.2, 0.25) is 11.8 Å². The van der Waals surface area contributed by atoms with Gasteiger partial charge in [-0.2, -0.15) is 0 Å². The van der Waals surface area contributed by atoms with Crippen molar-refractivity contribution in [3.8, 4) is 0 Å². The van der Waals surface area contributed by atoms with Crippen molar-refractivity contribution in [1.82, 2.24) is 10.2 Å². The van der Waals surface area contributed by atoms with Gasteiger partial charge in [-0.25, -0.2) is 0 Å². The fourth-order valence-electron chi connectivity index (χ4n) is 2.24. The molecule has 0 atom stereocenters. The third-order valence-electron chi connectivity index (χ3n) is 3.71. The highest BCUT2D eigenvalue weighted by atomic mass is 35.5. The first-order valence-electron chi connectivity index (χ1n) is 8.06.